The van der Waals surface area contributed by atoms with Crippen LogP contribution in [0, 0.1) is 6.92 Å². The second kappa shape index (κ2) is 4.36. The monoisotopic (exact) mass is 203 g/mol. The van der Waals surface area contributed by atoms with Crippen LogP contribution in [0.1, 0.15) is 43.2 Å². The fraction of sp³-hybridized carbons (Fsp3) is 0.571. The molecule has 0 spiro atoms. The van der Waals surface area contributed by atoms with Crippen LogP contribution in [0.5, 0.6) is 0 Å². The van der Waals surface area contributed by atoms with Crippen LogP contribution < -0.4 is 5.73 Å². The predicted octanol–water partition coefficient (Wildman–Crippen LogP) is 3.16. The minimum atomic E-state index is 0.404. The summed E-state index contributed by atoms with van der Waals surface area (Å²) >= 11 is 0. The molecule has 15 heavy (non-hydrogen) atoms. The molecule has 1 aliphatic carbocycles. The van der Waals surface area contributed by atoms with Crippen molar-refractivity contribution in [2.45, 2.75) is 44.4 Å². The Kier molecular flexibility index (Phi) is 3.11. The highest BCUT2D eigenvalue weighted by Gasteiger charge is 2.34. The third-order valence-electron chi connectivity index (χ3n) is 3.81. The summed E-state index contributed by atoms with van der Waals surface area (Å²) in [5.74, 6) is 0. The lowest BCUT2D eigenvalue weighted by atomic mass is 9.76. The largest absolute Gasteiger partial charge is 0.330 e. The van der Waals surface area contributed by atoms with Crippen LogP contribution in [0.4, 0.5) is 0 Å². The van der Waals surface area contributed by atoms with Crippen molar-refractivity contribution in [1.29, 1.82) is 0 Å². The van der Waals surface area contributed by atoms with Crippen molar-refractivity contribution in [1.82, 2.24) is 0 Å². The Bertz CT molecular complexity index is 324. The van der Waals surface area contributed by atoms with Crippen LogP contribution in [0.25, 0.3) is 0 Å². The lowest BCUT2D eigenvalue weighted by Gasteiger charge is -2.29. The van der Waals surface area contributed by atoms with Gasteiger partial charge in [0.05, 0.1) is 0 Å². The molecule has 1 heteroatoms. The number of nitrogens with two attached hydrogens (primary N) is 1. The van der Waals surface area contributed by atoms with E-state index in [1.54, 1.807) is 0 Å². The predicted molar refractivity (Wildman–Crippen MR) is 65.0 cm³/mol. The topological polar surface area (TPSA) is 26.0 Å². The summed E-state index contributed by atoms with van der Waals surface area (Å²) in [6.07, 6.45) is 6.54. The van der Waals surface area contributed by atoms with Crippen molar-refractivity contribution in [3.8, 4) is 0 Å². The molecule has 0 bridgehead atoms. The van der Waals surface area contributed by atoms with E-state index in [2.05, 4.69) is 31.2 Å². The molecule has 0 unspecified atom stereocenters. The van der Waals surface area contributed by atoms with E-state index in [0.717, 1.165) is 13.0 Å². The van der Waals surface area contributed by atoms with Crippen molar-refractivity contribution < 1.29 is 0 Å². The third-order valence-corrected chi connectivity index (χ3v) is 3.81. The first-order valence-corrected chi connectivity index (χ1v) is 6.04. The van der Waals surface area contributed by atoms with Gasteiger partial charge in [-0.05, 0) is 43.7 Å². The van der Waals surface area contributed by atoms with Crippen LogP contribution in [-0.4, -0.2) is 6.54 Å². The second-order valence-corrected chi connectivity index (χ2v) is 4.90. The Labute approximate surface area is 92.7 Å². The van der Waals surface area contributed by atoms with Gasteiger partial charge in [0.25, 0.3) is 0 Å². The Hall–Kier alpha value is -0.820. The highest BCUT2D eigenvalue weighted by Crippen LogP contribution is 2.43. The highest BCUT2D eigenvalue weighted by molar-refractivity contribution is 5.30. The number of benzene rings is 1. The van der Waals surface area contributed by atoms with E-state index in [0.29, 0.717) is 5.41 Å². The van der Waals surface area contributed by atoms with E-state index in [-0.39, 0.29) is 0 Å². The molecule has 1 aliphatic rings. The normalized spacial score (nSPS) is 19.3. The highest BCUT2D eigenvalue weighted by atomic mass is 14.5. The fourth-order valence-electron chi connectivity index (χ4n) is 2.99. The van der Waals surface area contributed by atoms with Gasteiger partial charge in [0, 0.05) is 0 Å². The summed E-state index contributed by atoms with van der Waals surface area (Å²) in [5, 5.41) is 0. The van der Waals surface area contributed by atoms with E-state index in [9.17, 15) is 0 Å². The molecule has 0 saturated heterocycles. The molecule has 2 N–H and O–H groups in total. The maximum atomic E-state index is 5.77. The Balaban J connectivity index is 2.31. The molecule has 82 valence electrons. The SMILES string of the molecule is Cc1cccc(C2(CCN)CCCC2)c1. The van der Waals surface area contributed by atoms with Gasteiger partial charge in [0.15, 0.2) is 0 Å². The molecule has 1 fully saturated rings. The van der Waals surface area contributed by atoms with Gasteiger partial charge >= 0.3 is 0 Å². The smallest absolute Gasteiger partial charge is 0.00349 e. The number of aryl methyl sites for hydroxylation is 1. The molecule has 1 aromatic carbocycles. The van der Waals surface area contributed by atoms with Gasteiger partial charge in [-0.15, -0.1) is 0 Å². The summed E-state index contributed by atoms with van der Waals surface area (Å²) in [6.45, 7) is 2.99. The van der Waals surface area contributed by atoms with Crippen LogP contribution in [0.15, 0.2) is 24.3 Å². The van der Waals surface area contributed by atoms with Gasteiger partial charge in [0.1, 0.15) is 0 Å². The molecule has 0 atom stereocenters. The summed E-state index contributed by atoms with van der Waals surface area (Å²) in [5.41, 5.74) is 9.06. The Morgan fingerprint density at radius 3 is 2.60 bits per heavy atom. The quantitative estimate of drug-likeness (QED) is 0.802. The van der Waals surface area contributed by atoms with E-state index in [4.69, 9.17) is 5.73 Å². The van der Waals surface area contributed by atoms with Crippen LogP contribution in [0.2, 0.25) is 0 Å². The molecule has 0 radical (unpaired) electrons. The number of rotatable bonds is 3. The molecule has 0 amide bonds. The van der Waals surface area contributed by atoms with Crippen molar-refractivity contribution in [2.24, 2.45) is 5.73 Å². The summed E-state index contributed by atoms with van der Waals surface area (Å²) in [7, 11) is 0. The minimum Gasteiger partial charge on any atom is -0.330 e. The lowest BCUT2D eigenvalue weighted by molar-refractivity contribution is 0.412. The summed E-state index contributed by atoms with van der Waals surface area (Å²) in [6, 6.07) is 8.99. The molecule has 0 aliphatic heterocycles. The molecule has 1 aromatic rings. The van der Waals surface area contributed by atoms with Crippen LogP contribution in [-0.2, 0) is 5.41 Å². The standard InChI is InChI=1S/C14H21N/c1-12-5-4-6-13(11-12)14(9-10-15)7-2-3-8-14/h4-6,11H,2-3,7-10,15H2,1H3. The molecular weight excluding hydrogens is 182 g/mol. The maximum absolute atomic E-state index is 5.77. The first kappa shape index (κ1) is 10.7. The fourth-order valence-corrected chi connectivity index (χ4v) is 2.99. The molecule has 1 nitrogen and oxygen atoms in total. The van der Waals surface area contributed by atoms with Crippen molar-refractivity contribution in [3.63, 3.8) is 0 Å². The third kappa shape index (κ3) is 2.07. The molecule has 0 heterocycles. The van der Waals surface area contributed by atoms with Gasteiger partial charge in [0.2, 0.25) is 0 Å². The zero-order valence-corrected chi connectivity index (χ0v) is 9.63. The van der Waals surface area contributed by atoms with Crippen LogP contribution in [0.3, 0.4) is 0 Å². The van der Waals surface area contributed by atoms with Gasteiger partial charge in [-0.25, -0.2) is 0 Å². The molecular formula is C14H21N. The molecule has 0 aromatic heterocycles. The second-order valence-electron chi connectivity index (χ2n) is 4.90. The lowest BCUT2D eigenvalue weighted by Crippen LogP contribution is -2.25. The van der Waals surface area contributed by atoms with Gasteiger partial charge in [-0.1, -0.05) is 42.7 Å². The zero-order chi connectivity index (χ0) is 10.7. The van der Waals surface area contributed by atoms with Gasteiger partial charge in [-0.3, -0.25) is 0 Å². The average molecular weight is 203 g/mol. The number of hydrogen-bond acceptors (Lipinski definition) is 1. The van der Waals surface area contributed by atoms with Crippen molar-refractivity contribution in [3.05, 3.63) is 35.4 Å². The first-order valence-electron chi connectivity index (χ1n) is 6.04. The number of hydrogen-bond donors (Lipinski definition) is 1. The van der Waals surface area contributed by atoms with E-state index >= 15 is 0 Å². The molecule has 2 rings (SSSR count). The Morgan fingerprint density at radius 1 is 1.27 bits per heavy atom. The van der Waals surface area contributed by atoms with E-state index in [1.807, 2.05) is 0 Å². The van der Waals surface area contributed by atoms with Crippen molar-refractivity contribution >= 4 is 0 Å². The molecule has 1 saturated carbocycles. The summed E-state index contributed by atoms with van der Waals surface area (Å²) in [4.78, 5) is 0. The average Bonchev–Trinajstić information content (AvgIpc) is 2.68. The Morgan fingerprint density at radius 2 is 2.00 bits per heavy atom. The summed E-state index contributed by atoms with van der Waals surface area (Å²) < 4.78 is 0. The van der Waals surface area contributed by atoms with Gasteiger partial charge < -0.3 is 5.73 Å². The van der Waals surface area contributed by atoms with Crippen molar-refractivity contribution in [2.75, 3.05) is 6.54 Å². The van der Waals surface area contributed by atoms with Crippen LogP contribution >= 0.6 is 0 Å². The maximum Gasteiger partial charge on any atom is -0.00349 e. The first-order chi connectivity index (χ1) is 7.27. The zero-order valence-electron chi connectivity index (χ0n) is 9.63. The van der Waals surface area contributed by atoms with E-state index in [1.165, 1.54) is 36.8 Å². The minimum absolute atomic E-state index is 0.404. The van der Waals surface area contributed by atoms with Gasteiger partial charge in [-0.2, -0.15) is 0 Å². The van der Waals surface area contributed by atoms with E-state index < -0.39 is 0 Å².